The lowest BCUT2D eigenvalue weighted by atomic mass is 10.1. The molecule has 2 unspecified atom stereocenters. The zero-order chi connectivity index (χ0) is 14.4. The molecule has 0 aliphatic carbocycles. The van der Waals surface area contributed by atoms with E-state index in [4.69, 9.17) is 11.6 Å². The highest BCUT2D eigenvalue weighted by Crippen LogP contribution is 2.14. The molecule has 0 heterocycles. The minimum Gasteiger partial charge on any atom is -0.593 e. The van der Waals surface area contributed by atoms with Gasteiger partial charge in [0, 0.05) is 11.4 Å². The maximum absolute atomic E-state index is 13.8. The highest BCUT2D eigenvalue weighted by molar-refractivity contribution is 7.89. The van der Waals surface area contributed by atoms with Gasteiger partial charge in [0.2, 0.25) is 0 Å². The topological polar surface area (TPSA) is 35.1 Å². The van der Waals surface area contributed by atoms with Crippen molar-refractivity contribution >= 4 is 23.0 Å². The number of halogens is 2. The summed E-state index contributed by atoms with van der Waals surface area (Å²) in [5.74, 6) is 0. The first-order valence-corrected chi connectivity index (χ1v) is 7.77. The van der Waals surface area contributed by atoms with Gasteiger partial charge in [-0.2, -0.15) is 0 Å². The van der Waals surface area contributed by atoms with E-state index in [1.165, 1.54) is 0 Å². The molecule has 2 nitrogen and oxygen atoms in total. The number of hydrogen-bond donors (Lipinski definition) is 1. The van der Waals surface area contributed by atoms with Gasteiger partial charge in [-0.15, -0.1) is 4.72 Å². The molecule has 20 heavy (non-hydrogen) atoms. The van der Waals surface area contributed by atoms with Crippen molar-refractivity contribution in [3.05, 3.63) is 65.2 Å². The molecule has 0 aliphatic heterocycles. The molecule has 0 saturated heterocycles. The smallest absolute Gasteiger partial charge is 0.174 e. The summed E-state index contributed by atoms with van der Waals surface area (Å²) in [7, 11) is 0. The van der Waals surface area contributed by atoms with Crippen molar-refractivity contribution in [2.45, 2.75) is 17.5 Å². The van der Waals surface area contributed by atoms with Crippen molar-refractivity contribution < 1.29 is 8.94 Å². The van der Waals surface area contributed by atoms with Gasteiger partial charge in [0.15, 0.2) is 4.90 Å². The zero-order valence-corrected chi connectivity index (χ0v) is 12.3. The van der Waals surface area contributed by atoms with E-state index < -0.39 is 17.5 Å². The van der Waals surface area contributed by atoms with E-state index in [1.807, 2.05) is 30.3 Å². The van der Waals surface area contributed by atoms with Gasteiger partial charge in [-0.1, -0.05) is 41.9 Å². The average Bonchev–Trinajstić information content (AvgIpc) is 2.46. The number of alkyl halides is 1. The Hall–Kier alpha value is -1.07. The van der Waals surface area contributed by atoms with E-state index >= 15 is 0 Å². The quantitative estimate of drug-likeness (QED) is 0.828. The van der Waals surface area contributed by atoms with Crippen LogP contribution in [0.1, 0.15) is 5.56 Å². The number of nitrogens with one attached hydrogen (secondary N) is 1. The summed E-state index contributed by atoms with van der Waals surface area (Å²) < 4.78 is 28.4. The van der Waals surface area contributed by atoms with Crippen LogP contribution in [0.4, 0.5) is 4.39 Å². The summed E-state index contributed by atoms with van der Waals surface area (Å²) in [4.78, 5) is 0.585. The molecule has 0 radical (unpaired) electrons. The summed E-state index contributed by atoms with van der Waals surface area (Å²) in [6.07, 6.45) is -0.764. The van der Waals surface area contributed by atoms with E-state index in [0.29, 0.717) is 16.3 Å². The average molecular weight is 312 g/mol. The van der Waals surface area contributed by atoms with Crippen LogP contribution < -0.4 is 4.72 Å². The van der Waals surface area contributed by atoms with Crippen molar-refractivity contribution in [1.82, 2.24) is 4.72 Å². The Balaban J connectivity index is 1.81. The molecule has 2 rings (SSSR count). The van der Waals surface area contributed by atoms with Crippen LogP contribution in [0.3, 0.4) is 0 Å². The van der Waals surface area contributed by atoms with E-state index in [2.05, 4.69) is 4.72 Å². The van der Waals surface area contributed by atoms with Crippen molar-refractivity contribution in [3.8, 4) is 0 Å². The highest BCUT2D eigenvalue weighted by Gasteiger charge is 2.15. The van der Waals surface area contributed by atoms with Crippen LogP contribution in [0.2, 0.25) is 5.02 Å². The maximum atomic E-state index is 13.8. The van der Waals surface area contributed by atoms with Gasteiger partial charge in [-0.3, -0.25) is 0 Å². The standard InChI is InChI=1S/C15H15ClFNOS/c16-13-6-8-15(9-7-13)20(19)18-11-14(17)10-12-4-2-1-3-5-12/h1-9,14,18H,10-11H2. The molecule has 5 heteroatoms. The Morgan fingerprint density at radius 3 is 2.40 bits per heavy atom. The van der Waals surface area contributed by atoms with Gasteiger partial charge >= 0.3 is 0 Å². The first-order chi connectivity index (χ1) is 9.65. The summed E-state index contributed by atoms with van der Waals surface area (Å²) in [5.41, 5.74) is 0.930. The molecule has 106 valence electrons. The van der Waals surface area contributed by atoms with Gasteiger partial charge < -0.3 is 4.55 Å². The fraction of sp³-hybridized carbons (Fsp3) is 0.200. The van der Waals surface area contributed by atoms with Gasteiger partial charge in [0.25, 0.3) is 0 Å². The Labute approximate surface area is 126 Å². The normalized spacial score (nSPS) is 13.9. The lowest BCUT2D eigenvalue weighted by Crippen LogP contribution is -2.31. The zero-order valence-electron chi connectivity index (χ0n) is 10.8. The Morgan fingerprint density at radius 2 is 1.75 bits per heavy atom. The SMILES string of the molecule is [O-][S+](NCC(F)Cc1ccccc1)c1ccc(Cl)cc1. The molecule has 2 aromatic carbocycles. The molecule has 0 aliphatic rings. The molecule has 2 aromatic rings. The van der Waals surface area contributed by atoms with Crippen LogP contribution in [-0.2, 0) is 17.8 Å². The predicted molar refractivity (Wildman–Crippen MR) is 80.9 cm³/mol. The molecular formula is C15H15ClFNOS. The van der Waals surface area contributed by atoms with E-state index in [9.17, 15) is 8.94 Å². The second kappa shape index (κ2) is 7.64. The number of hydrogen-bond acceptors (Lipinski definition) is 2. The van der Waals surface area contributed by atoms with Crippen LogP contribution in [0, 0.1) is 0 Å². The minimum absolute atomic E-state index is 0.0458. The predicted octanol–water partition coefficient (Wildman–Crippen LogP) is 3.53. The fourth-order valence-corrected chi connectivity index (χ4v) is 2.76. The third-order valence-electron chi connectivity index (χ3n) is 2.76. The first-order valence-electron chi connectivity index (χ1n) is 6.24. The number of rotatable bonds is 6. The fourth-order valence-electron chi connectivity index (χ4n) is 1.75. The molecule has 0 fully saturated rings. The van der Waals surface area contributed by atoms with Crippen LogP contribution >= 0.6 is 11.6 Å². The van der Waals surface area contributed by atoms with E-state index in [0.717, 1.165) is 5.56 Å². The van der Waals surface area contributed by atoms with Crippen molar-refractivity contribution in [3.63, 3.8) is 0 Å². The highest BCUT2D eigenvalue weighted by atomic mass is 35.5. The van der Waals surface area contributed by atoms with Crippen molar-refractivity contribution in [2.24, 2.45) is 0 Å². The minimum atomic E-state index is -1.42. The molecule has 0 amide bonds. The summed E-state index contributed by atoms with van der Waals surface area (Å²) in [6.45, 7) is 0.0458. The summed E-state index contributed by atoms with van der Waals surface area (Å²) >= 11 is 4.34. The third kappa shape index (κ3) is 4.80. The molecule has 0 bridgehead atoms. The van der Waals surface area contributed by atoms with Crippen LogP contribution in [-0.4, -0.2) is 17.3 Å². The van der Waals surface area contributed by atoms with Crippen LogP contribution in [0.5, 0.6) is 0 Å². The summed E-state index contributed by atoms with van der Waals surface area (Å²) in [6, 6.07) is 16.0. The Kier molecular flexibility index (Phi) is 5.86. The van der Waals surface area contributed by atoms with Gasteiger partial charge in [0.1, 0.15) is 6.17 Å². The Bertz CT molecular complexity index is 523. The van der Waals surface area contributed by atoms with E-state index in [1.54, 1.807) is 24.3 Å². The monoisotopic (exact) mass is 311 g/mol. The summed E-state index contributed by atoms with van der Waals surface area (Å²) in [5, 5.41) is 0.582. The Morgan fingerprint density at radius 1 is 1.10 bits per heavy atom. The van der Waals surface area contributed by atoms with E-state index in [-0.39, 0.29) is 6.54 Å². The largest absolute Gasteiger partial charge is 0.593 e. The lowest BCUT2D eigenvalue weighted by molar-refractivity contribution is 0.331. The van der Waals surface area contributed by atoms with Crippen LogP contribution in [0.25, 0.3) is 0 Å². The van der Waals surface area contributed by atoms with Crippen LogP contribution in [0.15, 0.2) is 59.5 Å². The molecule has 0 spiro atoms. The molecular weight excluding hydrogens is 297 g/mol. The van der Waals surface area contributed by atoms with Crippen molar-refractivity contribution in [2.75, 3.05) is 6.54 Å². The van der Waals surface area contributed by atoms with Gasteiger partial charge in [-0.05, 0) is 29.8 Å². The van der Waals surface area contributed by atoms with Crippen molar-refractivity contribution in [1.29, 1.82) is 0 Å². The van der Waals surface area contributed by atoms with Gasteiger partial charge in [0.05, 0.1) is 17.9 Å². The molecule has 1 N–H and O–H groups in total. The second-order valence-electron chi connectivity index (χ2n) is 4.36. The number of benzene rings is 2. The molecule has 0 aromatic heterocycles. The third-order valence-corrected chi connectivity index (χ3v) is 4.14. The molecule has 2 atom stereocenters. The maximum Gasteiger partial charge on any atom is 0.174 e. The molecule has 0 saturated carbocycles. The second-order valence-corrected chi connectivity index (χ2v) is 6.09. The van der Waals surface area contributed by atoms with Gasteiger partial charge in [-0.25, -0.2) is 4.39 Å². The first kappa shape index (κ1) is 15.3. The lowest BCUT2D eigenvalue weighted by Gasteiger charge is -2.13.